The Morgan fingerprint density at radius 3 is 2.43 bits per heavy atom. The van der Waals surface area contributed by atoms with Crippen LogP contribution in [0.15, 0.2) is 84.3 Å². The molecule has 3 aromatic carbocycles. The number of nitrogens with zero attached hydrogens (tertiary/aromatic N) is 2. The zero-order valence-corrected chi connectivity index (χ0v) is 19.3. The highest BCUT2D eigenvalue weighted by molar-refractivity contribution is 6.30. The number of ether oxygens (including phenoxy) is 2. The monoisotopic (exact) mass is 482 g/mol. The summed E-state index contributed by atoms with van der Waals surface area (Å²) >= 11 is 5.88. The molecule has 8 heteroatoms. The number of aromatic nitrogens is 2. The van der Waals surface area contributed by atoms with E-state index in [-0.39, 0.29) is 11.5 Å². The second kappa shape index (κ2) is 9.01. The van der Waals surface area contributed by atoms with Crippen LogP contribution in [0.5, 0.6) is 11.6 Å². The molecule has 1 aliphatic heterocycles. The lowest BCUT2D eigenvalue weighted by Gasteiger charge is -2.24. The number of nitrogens with two attached hydrogens (primary N) is 1. The molecular weight excluding hydrogens is 464 g/mol. The van der Waals surface area contributed by atoms with Crippen molar-refractivity contribution in [2.24, 2.45) is 5.73 Å². The SMILES string of the molecule is Cc1ccc(-c2[nH]nc3c2[C@H](c2ccc(OC(=O)c4ccc(Cl)cc4)cc2)C(C#N)=C(N)O3)cc1. The Labute approximate surface area is 206 Å². The number of esters is 1. The number of nitrogens with one attached hydrogen (secondary N) is 1. The molecule has 0 bridgehead atoms. The number of benzene rings is 3. The molecule has 0 spiro atoms. The summed E-state index contributed by atoms with van der Waals surface area (Å²) in [5, 5.41) is 17.8. The van der Waals surface area contributed by atoms with Crippen molar-refractivity contribution >= 4 is 17.6 Å². The number of nitriles is 1. The van der Waals surface area contributed by atoms with Gasteiger partial charge in [-0.15, -0.1) is 5.10 Å². The van der Waals surface area contributed by atoms with Crippen LogP contribution in [0.4, 0.5) is 0 Å². The lowest BCUT2D eigenvalue weighted by atomic mass is 9.83. The Bertz CT molecular complexity index is 1480. The van der Waals surface area contributed by atoms with E-state index in [0.29, 0.717) is 27.8 Å². The number of allylic oxidation sites excluding steroid dienone is 1. The van der Waals surface area contributed by atoms with Crippen LogP contribution in [-0.2, 0) is 0 Å². The van der Waals surface area contributed by atoms with E-state index in [1.54, 1.807) is 48.5 Å². The van der Waals surface area contributed by atoms with Crippen molar-refractivity contribution < 1.29 is 14.3 Å². The number of aromatic amines is 1. The predicted molar refractivity (Wildman–Crippen MR) is 131 cm³/mol. The molecule has 0 fully saturated rings. The Morgan fingerprint density at radius 2 is 1.77 bits per heavy atom. The Morgan fingerprint density at radius 1 is 1.09 bits per heavy atom. The molecule has 7 nitrogen and oxygen atoms in total. The summed E-state index contributed by atoms with van der Waals surface area (Å²) in [7, 11) is 0. The van der Waals surface area contributed by atoms with Gasteiger partial charge in [-0.05, 0) is 48.9 Å². The van der Waals surface area contributed by atoms with Gasteiger partial charge in [0.15, 0.2) is 0 Å². The number of carbonyl (C=O) groups is 1. The first-order valence-corrected chi connectivity index (χ1v) is 11.1. The number of hydrogen-bond donors (Lipinski definition) is 2. The minimum absolute atomic E-state index is 0.00481. The molecule has 1 atom stereocenters. The largest absolute Gasteiger partial charge is 0.423 e. The Balaban J connectivity index is 1.50. The van der Waals surface area contributed by atoms with Gasteiger partial charge >= 0.3 is 5.97 Å². The molecule has 0 unspecified atom stereocenters. The van der Waals surface area contributed by atoms with Crippen molar-refractivity contribution in [2.75, 3.05) is 0 Å². The fraction of sp³-hybridized carbons (Fsp3) is 0.0741. The normalized spacial score (nSPS) is 14.6. The molecule has 3 N–H and O–H groups in total. The van der Waals surface area contributed by atoms with Crippen LogP contribution in [0.25, 0.3) is 11.3 Å². The highest BCUT2D eigenvalue weighted by Gasteiger charge is 2.35. The summed E-state index contributed by atoms with van der Waals surface area (Å²) in [6.45, 7) is 2.01. The number of rotatable bonds is 4. The zero-order chi connectivity index (χ0) is 24.5. The number of carbonyl (C=O) groups excluding carboxylic acids is 1. The molecule has 0 saturated heterocycles. The first-order chi connectivity index (χ1) is 16.9. The van der Waals surface area contributed by atoms with Crippen molar-refractivity contribution in [3.63, 3.8) is 0 Å². The molecule has 0 amide bonds. The lowest BCUT2D eigenvalue weighted by Crippen LogP contribution is -2.21. The molecule has 4 aromatic rings. The summed E-state index contributed by atoms with van der Waals surface area (Å²) in [4.78, 5) is 12.4. The van der Waals surface area contributed by atoms with Crippen LogP contribution < -0.4 is 15.2 Å². The average Bonchev–Trinajstić information content (AvgIpc) is 3.28. The summed E-state index contributed by atoms with van der Waals surface area (Å²) in [6.07, 6.45) is 0. The van der Waals surface area contributed by atoms with Crippen LogP contribution in [-0.4, -0.2) is 16.2 Å². The van der Waals surface area contributed by atoms with Crippen molar-refractivity contribution in [1.82, 2.24) is 10.2 Å². The maximum absolute atomic E-state index is 12.4. The first kappa shape index (κ1) is 22.3. The van der Waals surface area contributed by atoms with Gasteiger partial charge in [-0.2, -0.15) is 5.26 Å². The van der Waals surface area contributed by atoms with E-state index in [9.17, 15) is 10.1 Å². The van der Waals surface area contributed by atoms with Gasteiger partial charge in [-0.1, -0.05) is 53.6 Å². The van der Waals surface area contributed by atoms with Gasteiger partial charge in [0.1, 0.15) is 17.4 Å². The second-order valence-corrected chi connectivity index (χ2v) is 8.51. The van der Waals surface area contributed by atoms with Gasteiger partial charge in [0.2, 0.25) is 11.8 Å². The van der Waals surface area contributed by atoms with Gasteiger partial charge in [-0.25, -0.2) is 4.79 Å². The molecule has 1 aromatic heterocycles. The summed E-state index contributed by atoms with van der Waals surface area (Å²) in [5.41, 5.74) is 11.0. The van der Waals surface area contributed by atoms with Crippen LogP contribution in [0.1, 0.15) is 33.0 Å². The van der Waals surface area contributed by atoms with E-state index in [0.717, 1.165) is 22.4 Å². The molecule has 1 aliphatic rings. The fourth-order valence-corrected chi connectivity index (χ4v) is 4.12. The average molecular weight is 483 g/mol. The molecule has 0 aliphatic carbocycles. The van der Waals surface area contributed by atoms with E-state index in [1.807, 2.05) is 31.2 Å². The summed E-state index contributed by atoms with van der Waals surface area (Å²) in [6, 6.07) is 23.5. The fourth-order valence-electron chi connectivity index (χ4n) is 4.00. The molecule has 0 saturated carbocycles. The molecule has 2 heterocycles. The number of hydrogen-bond acceptors (Lipinski definition) is 6. The van der Waals surface area contributed by atoms with Crippen LogP contribution in [0.2, 0.25) is 5.02 Å². The Hall–Kier alpha value is -4.54. The predicted octanol–water partition coefficient (Wildman–Crippen LogP) is 5.48. The number of H-pyrrole nitrogens is 1. The summed E-state index contributed by atoms with van der Waals surface area (Å²) in [5.74, 6) is -0.325. The third-order valence-corrected chi connectivity index (χ3v) is 6.04. The lowest BCUT2D eigenvalue weighted by molar-refractivity contribution is 0.0734. The number of halogens is 1. The van der Waals surface area contributed by atoms with Gasteiger partial charge in [0.25, 0.3) is 0 Å². The standard InChI is InChI=1S/C27H19ClN4O3/c1-15-2-4-17(5-3-15)24-23-22(21(14-29)25(30)35-26(23)32-31-24)16-8-12-20(13-9-16)34-27(33)18-6-10-19(28)11-7-18/h2-13,22H,30H2,1H3,(H,31,32)/t22-/m1/s1. The number of fused-ring (bicyclic) bond motifs is 1. The third kappa shape index (κ3) is 4.23. The molecular formula is C27H19ClN4O3. The highest BCUT2D eigenvalue weighted by atomic mass is 35.5. The minimum Gasteiger partial charge on any atom is -0.423 e. The molecule has 0 radical (unpaired) electrons. The van der Waals surface area contributed by atoms with Gasteiger partial charge in [0, 0.05) is 10.6 Å². The van der Waals surface area contributed by atoms with Crippen molar-refractivity contribution in [1.29, 1.82) is 5.26 Å². The molecule has 35 heavy (non-hydrogen) atoms. The van der Waals surface area contributed by atoms with Crippen LogP contribution in [0.3, 0.4) is 0 Å². The van der Waals surface area contributed by atoms with Crippen LogP contribution >= 0.6 is 11.6 Å². The van der Waals surface area contributed by atoms with E-state index >= 15 is 0 Å². The second-order valence-electron chi connectivity index (χ2n) is 8.07. The Kier molecular flexibility index (Phi) is 5.73. The van der Waals surface area contributed by atoms with Gasteiger partial charge in [0.05, 0.1) is 22.7 Å². The topological polar surface area (TPSA) is 114 Å². The first-order valence-electron chi connectivity index (χ1n) is 10.7. The number of aryl methyl sites for hydroxylation is 1. The van der Waals surface area contributed by atoms with Gasteiger partial charge < -0.3 is 15.2 Å². The van der Waals surface area contributed by atoms with E-state index in [4.69, 9.17) is 26.8 Å². The molecule has 172 valence electrons. The summed E-state index contributed by atoms with van der Waals surface area (Å²) < 4.78 is 11.1. The van der Waals surface area contributed by atoms with Crippen molar-refractivity contribution in [3.05, 3.63) is 112 Å². The van der Waals surface area contributed by atoms with Crippen molar-refractivity contribution in [3.8, 4) is 29.0 Å². The quantitative estimate of drug-likeness (QED) is 0.294. The minimum atomic E-state index is -0.514. The van der Waals surface area contributed by atoms with E-state index in [1.165, 1.54) is 0 Å². The van der Waals surface area contributed by atoms with Crippen LogP contribution in [0, 0.1) is 18.3 Å². The van der Waals surface area contributed by atoms with E-state index < -0.39 is 11.9 Å². The zero-order valence-electron chi connectivity index (χ0n) is 18.6. The highest BCUT2D eigenvalue weighted by Crippen LogP contribution is 2.45. The smallest absolute Gasteiger partial charge is 0.343 e. The third-order valence-electron chi connectivity index (χ3n) is 5.78. The van der Waals surface area contributed by atoms with Crippen molar-refractivity contribution in [2.45, 2.75) is 12.8 Å². The maximum atomic E-state index is 12.4. The molecule has 5 rings (SSSR count). The van der Waals surface area contributed by atoms with E-state index in [2.05, 4.69) is 16.3 Å². The van der Waals surface area contributed by atoms with Gasteiger partial charge in [-0.3, -0.25) is 5.10 Å². The maximum Gasteiger partial charge on any atom is 0.343 e.